The van der Waals surface area contributed by atoms with Crippen molar-refractivity contribution in [2.45, 2.75) is 39.5 Å². The van der Waals surface area contributed by atoms with Crippen molar-refractivity contribution in [1.82, 2.24) is 19.7 Å². The molecule has 0 fully saturated rings. The van der Waals surface area contributed by atoms with Crippen LogP contribution in [0.4, 0.5) is 5.13 Å². The number of rotatable bonds is 9. The van der Waals surface area contributed by atoms with Crippen LogP contribution in [0.15, 0.2) is 23.4 Å². The van der Waals surface area contributed by atoms with E-state index in [1.807, 2.05) is 32.2 Å². The third-order valence-electron chi connectivity index (χ3n) is 4.61. The average molecular weight is 476 g/mol. The second kappa shape index (κ2) is 10.6. The van der Waals surface area contributed by atoms with Gasteiger partial charge in [-0.2, -0.15) is 0 Å². The van der Waals surface area contributed by atoms with Crippen LogP contribution in [0, 0.1) is 20.8 Å². The standard InChI is InChI=1S/C21H25N5O4S2/c1-6-29-19(28)18-14(4)22-20(32-18)23-17(27)11-31-21-25-24-16(26(21)5)10-30-15-8-7-12(2)13(3)9-15/h7-9H,6,10-11H2,1-5H3,(H,22,23,27). The van der Waals surface area contributed by atoms with E-state index in [2.05, 4.69) is 27.4 Å². The van der Waals surface area contributed by atoms with Gasteiger partial charge in [0.25, 0.3) is 0 Å². The van der Waals surface area contributed by atoms with Crippen molar-refractivity contribution in [1.29, 1.82) is 0 Å². The van der Waals surface area contributed by atoms with E-state index in [4.69, 9.17) is 9.47 Å². The summed E-state index contributed by atoms with van der Waals surface area (Å²) in [6, 6.07) is 5.92. The summed E-state index contributed by atoms with van der Waals surface area (Å²) in [7, 11) is 1.83. The lowest BCUT2D eigenvalue weighted by atomic mass is 10.1. The molecule has 1 amide bonds. The van der Waals surface area contributed by atoms with E-state index < -0.39 is 5.97 Å². The van der Waals surface area contributed by atoms with Gasteiger partial charge in [0.2, 0.25) is 5.91 Å². The highest BCUT2D eigenvalue weighted by molar-refractivity contribution is 7.99. The Morgan fingerprint density at radius 1 is 1.19 bits per heavy atom. The maximum Gasteiger partial charge on any atom is 0.350 e. The first-order chi connectivity index (χ1) is 15.3. The van der Waals surface area contributed by atoms with Crippen LogP contribution in [-0.4, -0.2) is 44.0 Å². The summed E-state index contributed by atoms with van der Waals surface area (Å²) in [6.45, 7) is 8.08. The molecule has 0 aliphatic rings. The molecule has 1 aromatic carbocycles. The van der Waals surface area contributed by atoms with Gasteiger partial charge in [-0.3, -0.25) is 4.79 Å². The Hall–Kier alpha value is -2.92. The molecule has 0 saturated carbocycles. The molecule has 0 bridgehead atoms. The minimum Gasteiger partial charge on any atom is -0.486 e. The normalized spacial score (nSPS) is 10.8. The highest BCUT2D eigenvalue weighted by atomic mass is 32.2. The molecule has 0 aliphatic carbocycles. The van der Waals surface area contributed by atoms with E-state index in [1.54, 1.807) is 18.4 Å². The number of carbonyl (C=O) groups is 2. The van der Waals surface area contributed by atoms with Gasteiger partial charge >= 0.3 is 5.97 Å². The molecule has 1 N–H and O–H groups in total. The van der Waals surface area contributed by atoms with E-state index in [-0.39, 0.29) is 24.9 Å². The van der Waals surface area contributed by atoms with Crippen molar-refractivity contribution < 1.29 is 19.1 Å². The van der Waals surface area contributed by atoms with Crippen LogP contribution < -0.4 is 10.1 Å². The van der Waals surface area contributed by atoms with Crippen LogP contribution in [0.2, 0.25) is 0 Å². The molecule has 2 aromatic heterocycles. The number of esters is 1. The predicted molar refractivity (Wildman–Crippen MR) is 123 cm³/mol. The Bertz CT molecular complexity index is 1130. The fourth-order valence-electron chi connectivity index (χ4n) is 2.67. The zero-order chi connectivity index (χ0) is 23.3. The summed E-state index contributed by atoms with van der Waals surface area (Å²) in [6.07, 6.45) is 0. The van der Waals surface area contributed by atoms with Crippen LogP contribution in [0.1, 0.15) is 39.2 Å². The average Bonchev–Trinajstić information content (AvgIpc) is 3.29. The molecule has 170 valence electrons. The highest BCUT2D eigenvalue weighted by Gasteiger charge is 2.18. The number of aryl methyl sites for hydroxylation is 3. The van der Waals surface area contributed by atoms with Crippen molar-refractivity contribution in [3.8, 4) is 5.75 Å². The zero-order valence-corrected chi connectivity index (χ0v) is 20.2. The molecule has 3 rings (SSSR count). The number of nitrogens with one attached hydrogen (secondary N) is 1. The van der Waals surface area contributed by atoms with E-state index in [0.29, 0.717) is 26.7 Å². The number of thioether (sulfide) groups is 1. The zero-order valence-electron chi connectivity index (χ0n) is 18.6. The second-order valence-electron chi connectivity index (χ2n) is 6.98. The predicted octanol–water partition coefficient (Wildman–Crippen LogP) is 3.68. The lowest BCUT2D eigenvalue weighted by Gasteiger charge is -2.08. The Kier molecular flexibility index (Phi) is 7.86. The van der Waals surface area contributed by atoms with E-state index in [9.17, 15) is 9.59 Å². The molecular weight excluding hydrogens is 450 g/mol. The molecular formula is C21H25N5O4S2. The number of hydrogen-bond acceptors (Lipinski definition) is 9. The van der Waals surface area contributed by atoms with E-state index >= 15 is 0 Å². The van der Waals surface area contributed by atoms with Crippen LogP contribution in [0.3, 0.4) is 0 Å². The van der Waals surface area contributed by atoms with Gasteiger partial charge in [-0.15, -0.1) is 10.2 Å². The van der Waals surface area contributed by atoms with Crippen LogP contribution in [-0.2, 0) is 23.2 Å². The maximum atomic E-state index is 12.3. The summed E-state index contributed by atoms with van der Waals surface area (Å²) in [5.74, 6) is 0.852. The van der Waals surface area contributed by atoms with Crippen LogP contribution in [0.25, 0.3) is 0 Å². The molecule has 0 saturated heterocycles. The summed E-state index contributed by atoms with van der Waals surface area (Å²) < 4.78 is 12.6. The molecule has 2 heterocycles. The number of hydrogen-bond donors (Lipinski definition) is 1. The number of aromatic nitrogens is 4. The first-order valence-electron chi connectivity index (χ1n) is 9.94. The van der Waals surface area contributed by atoms with Crippen LogP contribution >= 0.6 is 23.1 Å². The molecule has 3 aromatic rings. The number of thiazole rings is 1. The summed E-state index contributed by atoms with van der Waals surface area (Å²) in [5.41, 5.74) is 2.89. The van der Waals surface area contributed by atoms with Gasteiger partial charge in [0.05, 0.1) is 18.1 Å². The van der Waals surface area contributed by atoms with Gasteiger partial charge in [0, 0.05) is 7.05 Å². The van der Waals surface area contributed by atoms with Crippen LogP contribution in [0.5, 0.6) is 5.75 Å². The SMILES string of the molecule is CCOC(=O)c1sc(NC(=O)CSc2nnc(COc3ccc(C)c(C)c3)n2C)nc1C. The first kappa shape index (κ1) is 23.7. The number of amides is 1. The van der Waals surface area contributed by atoms with Crippen molar-refractivity contribution >= 4 is 40.1 Å². The highest BCUT2D eigenvalue weighted by Crippen LogP contribution is 2.24. The molecule has 32 heavy (non-hydrogen) atoms. The summed E-state index contributed by atoms with van der Waals surface area (Å²) >= 11 is 2.35. The minimum absolute atomic E-state index is 0.122. The fraction of sp³-hybridized carbons (Fsp3) is 0.381. The summed E-state index contributed by atoms with van der Waals surface area (Å²) in [4.78, 5) is 28.8. The second-order valence-corrected chi connectivity index (χ2v) is 8.93. The molecule has 0 spiro atoms. The molecule has 11 heteroatoms. The summed E-state index contributed by atoms with van der Waals surface area (Å²) in [5, 5.41) is 12.0. The smallest absolute Gasteiger partial charge is 0.350 e. The lowest BCUT2D eigenvalue weighted by Crippen LogP contribution is -2.14. The topological polar surface area (TPSA) is 108 Å². The van der Waals surface area contributed by atoms with Crippen molar-refractivity contribution in [2.24, 2.45) is 7.05 Å². The first-order valence-corrected chi connectivity index (χ1v) is 11.7. The quantitative estimate of drug-likeness (QED) is 0.369. The van der Waals surface area contributed by atoms with Gasteiger partial charge < -0.3 is 19.4 Å². The van der Waals surface area contributed by atoms with E-state index in [1.165, 1.54) is 17.3 Å². The number of benzene rings is 1. The molecule has 0 aliphatic heterocycles. The minimum atomic E-state index is -0.438. The maximum absolute atomic E-state index is 12.3. The molecule has 9 nitrogen and oxygen atoms in total. The Labute approximate surface area is 194 Å². The molecule has 0 atom stereocenters. The van der Waals surface area contributed by atoms with Crippen molar-refractivity contribution in [3.05, 3.63) is 45.7 Å². The Balaban J connectivity index is 1.53. The van der Waals surface area contributed by atoms with Gasteiger partial charge in [-0.05, 0) is 51.0 Å². The fourth-order valence-corrected chi connectivity index (χ4v) is 4.28. The number of carbonyl (C=O) groups excluding carboxylic acids is 2. The van der Waals surface area contributed by atoms with Gasteiger partial charge in [0.15, 0.2) is 16.1 Å². The number of ether oxygens (including phenoxy) is 2. The van der Waals surface area contributed by atoms with Gasteiger partial charge in [-0.25, -0.2) is 9.78 Å². The molecule has 0 radical (unpaired) electrons. The Morgan fingerprint density at radius 3 is 2.69 bits per heavy atom. The monoisotopic (exact) mass is 475 g/mol. The molecule has 0 unspecified atom stereocenters. The van der Waals surface area contributed by atoms with Crippen molar-refractivity contribution in [3.63, 3.8) is 0 Å². The van der Waals surface area contributed by atoms with Gasteiger partial charge in [0.1, 0.15) is 17.2 Å². The largest absolute Gasteiger partial charge is 0.486 e. The van der Waals surface area contributed by atoms with Gasteiger partial charge in [-0.1, -0.05) is 29.2 Å². The number of anilines is 1. The Morgan fingerprint density at radius 2 is 1.97 bits per heavy atom. The lowest BCUT2D eigenvalue weighted by molar-refractivity contribution is -0.113. The third-order valence-corrected chi connectivity index (χ3v) is 6.68. The number of nitrogens with zero attached hydrogens (tertiary/aromatic N) is 4. The van der Waals surface area contributed by atoms with E-state index in [0.717, 1.165) is 22.6 Å². The third kappa shape index (κ3) is 5.86. The van der Waals surface area contributed by atoms with Crippen molar-refractivity contribution in [2.75, 3.05) is 17.7 Å².